The molecule has 1 heterocycles. The van der Waals surface area contributed by atoms with E-state index in [2.05, 4.69) is 37.9 Å². The quantitative estimate of drug-likeness (QED) is 0.669. The van der Waals surface area contributed by atoms with Crippen LogP contribution in [0.4, 0.5) is 0 Å². The fourth-order valence-electron chi connectivity index (χ4n) is 1.12. The fourth-order valence-corrected chi connectivity index (χ4v) is 3.87. The Morgan fingerprint density at radius 3 is 2.67 bits per heavy atom. The summed E-state index contributed by atoms with van der Waals surface area (Å²) in [6.45, 7) is 0. The third-order valence-electron chi connectivity index (χ3n) is 1.97. The van der Waals surface area contributed by atoms with Crippen molar-refractivity contribution in [1.29, 1.82) is 0 Å². The minimum atomic E-state index is 0.520. The average molecular weight is 330 g/mol. The molecular formula is C8H7Br2ClS. The van der Waals surface area contributed by atoms with E-state index in [1.165, 1.54) is 17.7 Å². The molecule has 1 fully saturated rings. The van der Waals surface area contributed by atoms with Crippen molar-refractivity contribution in [2.24, 2.45) is 5.92 Å². The van der Waals surface area contributed by atoms with Crippen molar-refractivity contribution in [3.05, 3.63) is 19.8 Å². The molecule has 0 spiro atoms. The molecular weight excluding hydrogens is 323 g/mol. The van der Waals surface area contributed by atoms with Crippen LogP contribution in [0.25, 0.3) is 0 Å². The average Bonchev–Trinajstić information content (AvgIpc) is 2.80. The van der Waals surface area contributed by atoms with Crippen LogP contribution in [0.15, 0.2) is 10.5 Å². The van der Waals surface area contributed by atoms with E-state index in [1.807, 2.05) is 0 Å². The van der Waals surface area contributed by atoms with E-state index in [-0.39, 0.29) is 0 Å². The molecule has 1 aromatic rings. The maximum absolute atomic E-state index is 5.95. The summed E-state index contributed by atoms with van der Waals surface area (Å²) in [6, 6.07) is 2.12. The maximum atomic E-state index is 5.95. The SMILES string of the molecule is Clc1sc(C(Br)C2CC2)cc1Br. The standard InChI is InChI=1S/C8H7Br2ClS/c9-5-3-6(12-8(5)11)7(10)4-1-2-4/h3-4,7H,1-2H2. The Morgan fingerprint density at radius 2 is 2.25 bits per heavy atom. The summed E-state index contributed by atoms with van der Waals surface area (Å²) in [5.41, 5.74) is 0. The molecule has 66 valence electrons. The van der Waals surface area contributed by atoms with Crippen LogP contribution in [-0.4, -0.2) is 0 Å². The molecule has 0 aliphatic heterocycles. The van der Waals surface area contributed by atoms with Crippen molar-refractivity contribution in [2.45, 2.75) is 17.7 Å². The summed E-state index contributed by atoms with van der Waals surface area (Å²) in [6.07, 6.45) is 2.70. The minimum absolute atomic E-state index is 0.520. The van der Waals surface area contributed by atoms with Crippen molar-refractivity contribution in [1.82, 2.24) is 0 Å². The van der Waals surface area contributed by atoms with Crippen LogP contribution in [0.2, 0.25) is 4.34 Å². The van der Waals surface area contributed by atoms with Crippen LogP contribution in [0.1, 0.15) is 22.5 Å². The first-order valence-corrected chi connectivity index (χ1v) is 6.67. The molecule has 0 saturated heterocycles. The molecule has 12 heavy (non-hydrogen) atoms. The highest BCUT2D eigenvalue weighted by Crippen LogP contribution is 2.49. The van der Waals surface area contributed by atoms with E-state index in [4.69, 9.17) is 11.6 Å². The second-order valence-corrected chi connectivity index (χ2v) is 6.54. The topological polar surface area (TPSA) is 0 Å². The predicted molar refractivity (Wildman–Crippen MR) is 61.4 cm³/mol. The number of halogens is 3. The number of hydrogen-bond donors (Lipinski definition) is 0. The number of hydrogen-bond acceptors (Lipinski definition) is 1. The van der Waals surface area contributed by atoms with Gasteiger partial charge in [-0.1, -0.05) is 27.5 Å². The highest BCUT2D eigenvalue weighted by molar-refractivity contribution is 9.10. The zero-order chi connectivity index (χ0) is 8.72. The number of rotatable bonds is 2. The lowest BCUT2D eigenvalue weighted by molar-refractivity contribution is 0.836. The van der Waals surface area contributed by atoms with Crippen molar-refractivity contribution >= 4 is 54.8 Å². The van der Waals surface area contributed by atoms with Crippen LogP contribution in [0.3, 0.4) is 0 Å². The van der Waals surface area contributed by atoms with Crippen molar-refractivity contribution < 1.29 is 0 Å². The van der Waals surface area contributed by atoms with Crippen molar-refractivity contribution in [3.63, 3.8) is 0 Å². The summed E-state index contributed by atoms with van der Waals surface area (Å²) in [5.74, 6) is 0.839. The summed E-state index contributed by atoms with van der Waals surface area (Å²) in [4.78, 5) is 1.86. The fraction of sp³-hybridized carbons (Fsp3) is 0.500. The van der Waals surface area contributed by atoms with Crippen LogP contribution < -0.4 is 0 Å². The van der Waals surface area contributed by atoms with Crippen molar-refractivity contribution in [3.8, 4) is 0 Å². The van der Waals surface area contributed by atoms with Gasteiger partial charge in [0.25, 0.3) is 0 Å². The van der Waals surface area contributed by atoms with Gasteiger partial charge in [-0.25, -0.2) is 0 Å². The Bertz CT molecular complexity index is 274. The van der Waals surface area contributed by atoms with Gasteiger partial charge in [0.05, 0.1) is 4.83 Å². The van der Waals surface area contributed by atoms with Gasteiger partial charge in [0.15, 0.2) is 0 Å². The third-order valence-corrected chi connectivity index (χ3v) is 6.07. The normalized spacial score (nSPS) is 19.6. The molecule has 1 atom stereocenters. The van der Waals surface area contributed by atoms with E-state index in [0.717, 1.165) is 14.7 Å². The van der Waals surface area contributed by atoms with Gasteiger partial charge < -0.3 is 0 Å². The van der Waals surface area contributed by atoms with E-state index < -0.39 is 0 Å². The molecule has 0 aromatic carbocycles. The second-order valence-electron chi connectivity index (χ2n) is 3.01. The number of thiophene rings is 1. The largest absolute Gasteiger partial charge is 0.126 e. The summed E-state index contributed by atoms with van der Waals surface area (Å²) >= 11 is 14.7. The molecule has 1 aliphatic carbocycles. The molecule has 4 heteroatoms. The Kier molecular flexibility index (Phi) is 2.85. The molecule has 0 radical (unpaired) electrons. The molecule has 1 unspecified atom stereocenters. The van der Waals surface area contributed by atoms with Gasteiger partial charge in [-0.2, -0.15) is 0 Å². The Morgan fingerprint density at radius 1 is 1.58 bits per heavy atom. The van der Waals surface area contributed by atoms with Crippen LogP contribution in [0.5, 0.6) is 0 Å². The molecule has 1 aromatic heterocycles. The van der Waals surface area contributed by atoms with E-state index in [9.17, 15) is 0 Å². The molecule has 0 nitrogen and oxygen atoms in total. The van der Waals surface area contributed by atoms with Gasteiger partial charge in [0.2, 0.25) is 0 Å². The zero-order valence-electron chi connectivity index (χ0n) is 6.19. The molecule has 0 bridgehead atoms. The monoisotopic (exact) mass is 328 g/mol. The zero-order valence-corrected chi connectivity index (χ0v) is 10.9. The van der Waals surface area contributed by atoms with Crippen LogP contribution >= 0.6 is 54.8 Å². The molecule has 0 amide bonds. The van der Waals surface area contributed by atoms with Gasteiger partial charge in [-0.3, -0.25) is 0 Å². The number of alkyl halides is 1. The molecule has 1 saturated carbocycles. The van der Waals surface area contributed by atoms with Crippen LogP contribution in [0, 0.1) is 5.92 Å². The smallest absolute Gasteiger partial charge is 0.107 e. The summed E-state index contributed by atoms with van der Waals surface area (Å²) < 4.78 is 1.88. The predicted octanol–water partition coefficient (Wildman–Crippen LogP) is 5.01. The van der Waals surface area contributed by atoms with Gasteiger partial charge in [0, 0.05) is 9.35 Å². The summed E-state index contributed by atoms with van der Waals surface area (Å²) in [5, 5.41) is 0. The van der Waals surface area contributed by atoms with Gasteiger partial charge in [0.1, 0.15) is 4.34 Å². The first-order chi connectivity index (χ1) is 5.68. The van der Waals surface area contributed by atoms with Crippen molar-refractivity contribution in [2.75, 3.05) is 0 Å². The highest BCUT2D eigenvalue weighted by Gasteiger charge is 2.31. The molecule has 2 rings (SSSR count). The van der Waals surface area contributed by atoms with Crippen LogP contribution in [-0.2, 0) is 0 Å². The first-order valence-electron chi connectivity index (χ1n) is 3.77. The lowest BCUT2D eigenvalue weighted by Gasteiger charge is -2.02. The van der Waals surface area contributed by atoms with E-state index in [0.29, 0.717) is 4.83 Å². The Labute approximate surface area is 97.6 Å². The lowest BCUT2D eigenvalue weighted by Crippen LogP contribution is -1.86. The van der Waals surface area contributed by atoms with Gasteiger partial charge in [-0.05, 0) is 40.8 Å². The maximum Gasteiger partial charge on any atom is 0.107 e. The Balaban J connectivity index is 2.21. The molecule has 1 aliphatic rings. The first kappa shape index (κ1) is 9.50. The van der Waals surface area contributed by atoms with E-state index >= 15 is 0 Å². The minimum Gasteiger partial charge on any atom is -0.126 e. The third kappa shape index (κ3) is 1.89. The van der Waals surface area contributed by atoms with Gasteiger partial charge in [-0.15, -0.1) is 11.3 Å². The lowest BCUT2D eigenvalue weighted by atomic mass is 10.2. The summed E-state index contributed by atoms with van der Waals surface area (Å²) in [7, 11) is 0. The second kappa shape index (κ2) is 3.60. The Hall–Kier alpha value is 0.950. The van der Waals surface area contributed by atoms with Gasteiger partial charge >= 0.3 is 0 Å². The highest BCUT2D eigenvalue weighted by atomic mass is 79.9. The van der Waals surface area contributed by atoms with E-state index in [1.54, 1.807) is 11.3 Å². The molecule has 0 N–H and O–H groups in total.